The lowest BCUT2D eigenvalue weighted by Gasteiger charge is -2.35. The predicted octanol–water partition coefficient (Wildman–Crippen LogP) is 3.50. The number of rotatable bonds is 3. The Labute approximate surface area is 171 Å². The number of carboxylic acids is 2. The normalized spacial score (nSPS) is 15.9. The molecule has 1 spiro atoms. The zero-order chi connectivity index (χ0) is 20.9. The van der Waals surface area contributed by atoms with Crippen molar-refractivity contribution < 1.29 is 19.8 Å². The van der Waals surface area contributed by atoms with Gasteiger partial charge < -0.3 is 10.2 Å². The zero-order valence-corrected chi connectivity index (χ0v) is 16.5. The van der Waals surface area contributed by atoms with Gasteiger partial charge in [-0.15, -0.1) is 0 Å². The Bertz CT molecular complexity index is 948. The molecule has 1 fully saturated rings. The molecule has 1 aliphatic heterocycles. The lowest BCUT2D eigenvalue weighted by Crippen LogP contribution is -2.39. The summed E-state index contributed by atoms with van der Waals surface area (Å²) in [5.41, 5.74) is 5.09. The average molecular weight is 391 g/mol. The largest absolute Gasteiger partial charge is 0.481 e. The fourth-order valence-corrected chi connectivity index (χ4v) is 3.75. The van der Waals surface area contributed by atoms with Crippen LogP contribution in [0.4, 0.5) is 0 Å². The molecule has 5 heteroatoms. The van der Waals surface area contributed by atoms with E-state index in [0.29, 0.717) is 6.54 Å². The van der Waals surface area contributed by atoms with Crippen LogP contribution in [0.1, 0.15) is 48.4 Å². The smallest absolute Gasteiger partial charge is 0.304 e. The van der Waals surface area contributed by atoms with E-state index in [1.165, 1.54) is 24.0 Å². The number of hydrogen-bond donors (Lipinski definition) is 2. The molecule has 0 aromatic heterocycles. The molecule has 1 saturated carbocycles. The maximum atomic E-state index is 10.9. The summed E-state index contributed by atoms with van der Waals surface area (Å²) >= 11 is 0. The Morgan fingerprint density at radius 1 is 1.03 bits per heavy atom. The van der Waals surface area contributed by atoms with E-state index in [2.05, 4.69) is 34.9 Å². The second-order valence-electron chi connectivity index (χ2n) is 7.64. The fraction of sp³-hybridized carbons (Fsp3) is 0.333. The minimum Gasteiger partial charge on any atom is -0.481 e. The van der Waals surface area contributed by atoms with Gasteiger partial charge in [-0.25, -0.2) is 0 Å². The molecule has 2 aromatic rings. The Balaban J connectivity index is 0.000000552. The highest BCUT2D eigenvalue weighted by atomic mass is 16.4. The van der Waals surface area contributed by atoms with Crippen LogP contribution in [-0.4, -0.2) is 40.1 Å². The standard InChI is InChI=1S/C22H21NO2.C2H4O2/c24-21(25)10-13-23-15-19-9-8-18(7-6-17-4-2-1-3-5-17)14-20(19)22(16-23)11-12-22;1-2(3)4/h1-5,8-9,14H,10-13,15-16H2,(H,24,25);1H3,(H,3,4). The van der Waals surface area contributed by atoms with Crippen molar-refractivity contribution >= 4 is 11.9 Å². The molecule has 4 rings (SSSR count). The van der Waals surface area contributed by atoms with Crippen LogP contribution in [0.3, 0.4) is 0 Å². The van der Waals surface area contributed by atoms with Crippen LogP contribution >= 0.6 is 0 Å². The summed E-state index contributed by atoms with van der Waals surface area (Å²) in [7, 11) is 0. The summed E-state index contributed by atoms with van der Waals surface area (Å²) in [6.45, 7) is 3.53. The summed E-state index contributed by atoms with van der Waals surface area (Å²) in [5.74, 6) is 4.96. The van der Waals surface area contributed by atoms with Gasteiger partial charge in [0, 0.05) is 43.1 Å². The lowest BCUT2D eigenvalue weighted by atomic mass is 9.85. The molecule has 5 nitrogen and oxygen atoms in total. The molecule has 2 aromatic carbocycles. The molecule has 2 N–H and O–H groups in total. The minimum absolute atomic E-state index is 0.214. The van der Waals surface area contributed by atoms with Crippen molar-refractivity contribution in [3.05, 3.63) is 70.8 Å². The maximum Gasteiger partial charge on any atom is 0.304 e. The molecule has 0 unspecified atom stereocenters. The highest BCUT2D eigenvalue weighted by molar-refractivity contribution is 5.66. The number of carboxylic acid groups (broad SMARTS) is 2. The van der Waals surface area contributed by atoms with Crippen molar-refractivity contribution in [2.75, 3.05) is 13.1 Å². The molecule has 0 radical (unpaired) electrons. The number of fused-ring (bicyclic) bond motifs is 2. The summed E-state index contributed by atoms with van der Waals surface area (Å²) in [6, 6.07) is 16.6. The Morgan fingerprint density at radius 3 is 2.31 bits per heavy atom. The van der Waals surface area contributed by atoms with Crippen LogP contribution < -0.4 is 0 Å². The van der Waals surface area contributed by atoms with E-state index in [1.807, 2.05) is 30.3 Å². The van der Waals surface area contributed by atoms with Gasteiger partial charge in [-0.2, -0.15) is 0 Å². The second kappa shape index (κ2) is 8.93. The maximum absolute atomic E-state index is 10.9. The SMILES string of the molecule is CC(=O)O.O=C(O)CCN1Cc2ccc(C#Cc3ccccc3)cc2C2(CC2)C1. The van der Waals surface area contributed by atoms with Gasteiger partial charge in [0.1, 0.15) is 0 Å². The van der Waals surface area contributed by atoms with E-state index in [1.54, 1.807) is 0 Å². The first-order valence-electron chi connectivity index (χ1n) is 9.72. The minimum atomic E-state index is -0.833. The number of aliphatic carboxylic acids is 2. The Hall–Kier alpha value is -3.10. The highest BCUT2D eigenvalue weighted by Crippen LogP contribution is 2.52. The number of hydrogen-bond acceptors (Lipinski definition) is 3. The molecular weight excluding hydrogens is 366 g/mol. The molecule has 1 heterocycles. The molecule has 1 aliphatic carbocycles. The van der Waals surface area contributed by atoms with Crippen LogP contribution in [-0.2, 0) is 21.5 Å². The van der Waals surface area contributed by atoms with Crippen molar-refractivity contribution in [1.82, 2.24) is 4.90 Å². The van der Waals surface area contributed by atoms with E-state index >= 15 is 0 Å². The van der Waals surface area contributed by atoms with E-state index in [9.17, 15) is 4.79 Å². The molecule has 0 atom stereocenters. The molecular formula is C24H25NO4. The van der Waals surface area contributed by atoms with E-state index in [0.717, 1.165) is 31.1 Å². The Kier molecular flexibility index (Phi) is 6.36. The quantitative estimate of drug-likeness (QED) is 0.783. The van der Waals surface area contributed by atoms with Gasteiger partial charge in [0.2, 0.25) is 0 Å². The molecule has 150 valence electrons. The van der Waals surface area contributed by atoms with Gasteiger partial charge in [0.15, 0.2) is 0 Å². The number of carbonyl (C=O) groups is 2. The summed E-state index contributed by atoms with van der Waals surface area (Å²) in [6.07, 6.45) is 2.60. The second-order valence-corrected chi connectivity index (χ2v) is 7.64. The van der Waals surface area contributed by atoms with Crippen molar-refractivity contribution in [3.63, 3.8) is 0 Å². The monoisotopic (exact) mass is 391 g/mol. The van der Waals surface area contributed by atoms with Crippen LogP contribution in [0.5, 0.6) is 0 Å². The van der Waals surface area contributed by atoms with Gasteiger partial charge in [-0.05, 0) is 48.2 Å². The van der Waals surface area contributed by atoms with E-state index in [4.69, 9.17) is 15.0 Å². The molecule has 0 saturated heterocycles. The summed E-state index contributed by atoms with van der Waals surface area (Å²) in [4.78, 5) is 22.1. The van der Waals surface area contributed by atoms with Crippen LogP contribution in [0.15, 0.2) is 48.5 Å². The first-order chi connectivity index (χ1) is 13.9. The molecule has 0 bridgehead atoms. The van der Waals surface area contributed by atoms with Crippen LogP contribution in [0, 0.1) is 11.8 Å². The van der Waals surface area contributed by atoms with Gasteiger partial charge in [-0.1, -0.05) is 36.1 Å². The fourth-order valence-electron chi connectivity index (χ4n) is 3.75. The first-order valence-corrected chi connectivity index (χ1v) is 9.72. The van der Waals surface area contributed by atoms with Gasteiger partial charge in [-0.3, -0.25) is 14.5 Å². The van der Waals surface area contributed by atoms with Crippen LogP contribution in [0.2, 0.25) is 0 Å². The number of benzene rings is 2. The third-order valence-corrected chi connectivity index (χ3v) is 5.22. The molecule has 0 amide bonds. The van der Waals surface area contributed by atoms with E-state index < -0.39 is 11.9 Å². The van der Waals surface area contributed by atoms with Crippen molar-refractivity contribution in [2.45, 2.75) is 38.1 Å². The van der Waals surface area contributed by atoms with Crippen molar-refractivity contribution in [3.8, 4) is 11.8 Å². The van der Waals surface area contributed by atoms with Gasteiger partial charge in [0.05, 0.1) is 6.42 Å². The van der Waals surface area contributed by atoms with Crippen molar-refractivity contribution in [1.29, 1.82) is 0 Å². The van der Waals surface area contributed by atoms with E-state index in [-0.39, 0.29) is 11.8 Å². The summed E-state index contributed by atoms with van der Waals surface area (Å²) in [5, 5.41) is 16.3. The third-order valence-electron chi connectivity index (χ3n) is 5.22. The van der Waals surface area contributed by atoms with Crippen LogP contribution in [0.25, 0.3) is 0 Å². The first kappa shape index (κ1) is 20.6. The van der Waals surface area contributed by atoms with Crippen molar-refractivity contribution in [2.24, 2.45) is 0 Å². The predicted molar refractivity (Wildman–Crippen MR) is 111 cm³/mol. The average Bonchev–Trinajstić information content (AvgIpc) is 3.45. The molecule has 2 aliphatic rings. The summed E-state index contributed by atoms with van der Waals surface area (Å²) < 4.78 is 0. The topological polar surface area (TPSA) is 77.8 Å². The van der Waals surface area contributed by atoms with Gasteiger partial charge in [0.25, 0.3) is 5.97 Å². The molecule has 29 heavy (non-hydrogen) atoms. The third kappa shape index (κ3) is 5.69. The lowest BCUT2D eigenvalue weighted by molar-refractivity contribution is -0.137. The Morgan fingerprint density at radius 2 is 1.69 bits per heavy atom. The van der Waals surface area contributed by atoms with Gasteiger partial charge >= 0.3 is 5.97 Å². The zero-order valence-electron chi connectivity index (χ0n) is 16.5. The number of nitrogens with zero attached hydrogens (tertiary/aromatic N) is 1. The highest BCUT2D eigenvalue weighted by Gasteiger charge is 2.48.